The summed E-state index contributed by atoms with van der Waals surface area (Å²) in [5, 5.41) is 0. The van der Waals surface area contributed by atoms with Gasteiger partial charge in [-0.2, -0.15) is 0 Å². The van der Waals surface area contributed by atoms with Crippen LogP contribution in [0.4, 0.5) is 0 Å². The fraction of sp³-hybridized carbons (Fsp3) is 0.588. The summed E-state index contributed by atoms with van der Waals surface area (Å²) < 4.78 is 0. The molecule has 1 unspecified atom stereocenters. The van der Waals surface area contributed by atoms with Crippen molar-refractivity contribution in [3.8, 4) is 0 Å². The van der Waals surface area contributed by atoms with Crippen LogP contribution in [0.1, 0.15) is 59.2 Å². The number of allylic oxidation sites excluding steroid dienone is 2. The van der Waals surface area contributed by atoms with Gasteiger partial charge in [0.25, 0.3) is 0 Å². The van der Waals surface area contributed by atoms with Gasteiger partial charge in [0.2, 0.25) is 0 Å². The smallest absolute Gasteiger partial charge is 0.0663 e. The third kappa shape index (κ3) is 4.29. The third-order valence-corrected chi connectivity index (χ3v) is 3.31. The van der Waals surface area contributed by atoms with E-state index in [4.69, 9.17) is 0 Å². The first-order valence-corrected chi connectivity index (χ1v) is 6.99. The van der Waals surface area contributed by atoms with Gasteiger partial charge in [0.05, 0.1) is 5.69 Å². The molecule has 1 aromatic rings. The summed E-state index contributed by atoms with van der Waals surface area (Å²) in [6, 6.07) is 4.39. The molecule has 0 bridgehead atoms. The van der Waals surface area contributed by atoms with Crippen molar-refractivity contribution < 1.29 is 0 Å². The standard InChI is InChI=1S/C17H27N/c1-7-13(3)15(8-2)16-11-14(9-10-18-16)12-17(4,5)6/h8-11,13H,7,12H2,1-6H3/b15-8+. The van der Waals surface area contributed by atoms with E-state index < -0.39 is 0 Å². The first-order chi connectivity index (χ1) is 8.37. The maximum atomic E-state index is 4.54. The Kier molecular flexibility index (Phi) is 5.13. The van der Waals surface area contributed by atoms with Crippen molar-refractivity contribution in [2.75, 3.05) is 0 Å². The quantitative estimate of drug-likeness (QED) is 0.717. The Morgan fingerprint density at radius 2 is 2.06 bits per heavy atom. The van der Waals surface area contributed by atoms with Gasteiger partial charge in [-0.15, -0.1) is 0 Å². The van der Waals surface area contributed by atoms with Crippen LogP contribution in [0.3, 0.4) is 0 Å². The zero-order chi connectivity index (χ0) is 13.8. The highest BCUT2D eigenvalue weighted by molar-refractivity contribution is 5.64. The van der Waals surface area contributed by atoms with E-state index in [0.29, 0.717) is 11.3 Å². The Balaban J connectivity index is 3.01. The molecule has 18 heavy (non-hydrogen) atoms. The normalized spacial score (nSPS) is 14.7. The van der Waals surface area contributed by atoms with Crippen molar-refractivity contribution in [2.24, 2.45) is 11.3 Å². The molecule has 0 saturated heterocycles. The molecule has 1 aromatic heterocycles. The lowest BCUT2D eigenvalue weighted by Crippen LogP contribution is -2.10. The molecule has 0 saturated carbocycles. The molecule has 100 valence electrons. The fourth-order valence-electron chi connectivity index (χ4n) is 2.26. The average molecular weight is 245 g/mol. The molecule has 0 fully saturated rings. The van der Waals surface area contributed by atoms with Gasteiger partial charge >= 0.3 is 0 Å². The van der Waals surface area contributed by atoms with Crippen LogP contribution in [-0.2, 0) is 6.42 Å². The minimum atomic E-state index is 0.324. The molecule has 0 aliphatic heterocycles. The van der Waals surface area contributed by atoms with Gasteiger partial charge in [0.15, 0.2) is 0 Å². The minimum Gasteiger partial charge on any atom is -0.257 e. The Morgan fingerprint density at radius 1 is 1.39 bits per heavy atom. The zero-order valence-electron chi connectivity index (χ0n) is 12.7. The van der Waals surface area contributed by atoms with E-state index in [9.17, 15) is 0 Å². The Morgan fingerprint density at radius 3 is 2.56 bits per heavy atom. The van der Waals surface area contributed by atoms with Gasteiger partial charge in [0, 0.05) is 6.20 Å². The van der Waals surface area contributed by atoms with E-state index >= 15 is 0 Å². The van der Waals surface area contributed by atoms with Crippen LogP contribution in [0, 0.1) is 11.3 Å². The molecule has 1 heteroatoms. The molecule has 0 aromatic carbocycles. The molecule has 0 aliphatic carbocycles. The zero-order valence-corrected chi connectivity index (χ0v) is 12.7. The predicted molar refractivity (Wildman–Crippen MR) is 80.5 cm³/mol. The monoisotopic (exact) mass is 245 g/mol. The molecule has 0 radical (unpaired) electrons. The lowest BCUT2D eigenvalue weighted by atomic mass is 9.87. The minimum absolute atomic E-state index is 0.324. The van der Waals surface area contributed by atoms with Crippen molar-refractivity contribution >= 4 is 5.57 Å². The Hall–Kier alpha value is -1.11. The number of hydrogen-bond donors (Lipinski definition) is 0. The summed E-state index contributed by atoms with van der Waals surface area (Å²) in [6.45, 7) is 13.4. The van der Waals surface area contributed by atoms with Crippen molar-refractivity contribution in [3.05, 3.63) is 35.7 Å². The number of rotatable bonds is 4. The molecule has 0 spiro atoms. The van der Waals surface area contributed by atoms with Gasteiger partial charge in [-0.3, -0.25) is 4.98 Å². The highest BCUT2D eigenvalue weighted by Crippen LogP contribution is 2.26. The van der Waals surface area contributed by atoms with Gasteiger partial charge in [-0.05, 0) is 54.4 Å². The molecule has 0 amide bonds. The van der Waals surface area contributed by atoms with Crippen molar-refractivity contribution in [1.29, 1.82) is 0 Å². The lowest BCUT2D eigenvalue weighted by molar-refractivity contribution is 0.411. The van der Waals surface area contributed by atoms with E-state index in [1.807, 2.05) is 6.20 Å². The second-order valence-corrected chi connectivity index (χ2v) is 6.34. The molecule has 1 atom stereocenters. The van der Waals surface area contributed by atoms with Crippen molar-refractivity contribution in [3.63, 3.8) is 0 Å². The molecule has 0 aliphatic rings. The lowest BCUT2D eigenvalue weighted by Gasteiger charge is -2.19. The fourth-order valence-corrected chi connectivity index (χ4v) is 2.26. The molecule has 1 heterocycles. The van der Waals surface area contributed by atoms with Gasteiger partial charge < -0.3 is 0 Å². The van der Waals surface area contributed by atoms with Crippen LogP contribution in [0.15, 0.2) is 24.4 Å². The summed E-state index contributed by atoms with van der Waals surface area (Å²) in [7, 11) is 0. The molecule has 1 nitrogen and oxygen atoms in total. The summed E-state index contributed by atoms with van der Waals surface area (Å²) in [4.78, 5) is 4.54. The van der Waals surface area contributed by atoms with Crippen LogP contribution in [0.2, 0.25) is 0 Å². The second kappa shape index (κ2) is 6.17. The largest absolute Gasteiger partial charge is 0.257 e. The van der Waals surface area contributed by atoms with E-state index in [1.54, 1.807) is 0 Å². The highest BCUT2D eigenvalue weighted by Gasteiger charge is 2.14. The van der Waals surface area contributed by atoms with E-state index in [2.05, 4.69) is 64.7 Å². The molecular formula is C17H27N. The molecule has 1 rings (SSSR count). The third-order valence-electron chi connectivity index (χ3n) is 3.31. The number of pyridine rings is 1. The average Bonchev–Trinajstić information content (AvgIpc) is 2.28. The van der Waals surface area contributed by atoms with Gasteiger partial charge in [-0.25, -0.2) is 0 Å². The SMILES string of the molecule is C/C=C(/c1cc(CC(C)(C)C)ccn1)C(C)CC. The van der Waals surface area contributed by atoms with E-state index in [0.717, 1.165) is 18.5 Å². The summed E-state index contributed by atoms with van der Waals surface area (Å²) in [6.07, 6.45) is 6.41. The van der Waals surface area contributed by atoms with Crippen molar-refractivity contribution in [1.82, 2.24) is 4.98 Å². The van der Waals surface area contributed by atoms with Crippen molar-refractivity contribution in [2.45, 2.75) is 54.4 Å². The molecular weight excluding hydrogens is 218 g/mol. The van der Waals surface area contributed by atoms with E-state index in [1.165, 1.54) is 11.1 Å². The number of aromatic nitrogens is 1. The topological polar surface area (TPSA) is 12.9 Å². The van der Waals surface area contributed by atoms with Crippen LogP contribution in [-0.4, -0.2) is 4.98 Å². The molecule has 0 N–H and O–H groups in total. The van der Waals surface area contributed by atoms with Crippen LogP contribution in [0.5, 0.6) is 0 Å². The van der Waals surface area contributed by atoms with Gasteiger partial charge in [0.1, 0.15) is 0 Å². The summed E-state index contributed by atoms with van der Waals surface area (Å²) in [5.41, 5.74) is 4.22. The first-order valence-electron chi connectivity index (χ1n) is 6.99. The van der Waals surface area contributed by atoms with Crippen LogP contribution in [0.25, 0.3) is 5.57 Å². The maximum Gasteiger partial charge on any atom is 0.0663 e. The Labute approximate surface area is 112 Å². The summed E-state index contributed by atoms with van der Waals surface area (Å²) >= 11 is 0. The van der Waals surface area contributed by atoms with Gasteiger partial charge in [-0.1, -0.05) is 40.7 Å². The Bertz CT molecular complexity index is 410. The number of nitrogens with zero attached hydrogens (tertiary/aromatic N) is 1. The van der Waals surface area contributed by atoms with Crippen LogP contribution < -0.4 is 0 Å². The number of hydrogen-bond acceptors (Lipinski definition) is 1. The summed E-state index contributed by atoms with van der Waals surface area (Å²) in [5.74, 6) is 0.576. The maximum absolute atomic E-state index is 4.54. The van der Waals surface area contributed by atoms with Crippen LogP contribution >= 0.6 is 0 Å². The predicted octanol–water partition coefficient (Wildman–Crippen LogP) is 5.12. The first kappa shape index (κ1) is 14.9. The highest BCUT2D eigenvalue weighted by atomic mass is 14.7. The second-order valence-electron chi connectivity index (χ2n) is 6.34. The van der Waals surface area contributed by atoms with E-state index in [-0.39, 0.29) is 0 Å².